The van der Waals surface area contributed by atoms with Crippen LogP contribution in [0.5, 0.6) is 0 Å². The summed E-state index contributed by atoms with van der Waals surface area (Å²) in [6.45, 7) is 15.5. The second-order valence-corrected chi connectivity index (χ2v) is 13.2. The Morgan fingerprint density at radius 3 is 1.83 bits per heavy atom. The molecule has 0 saturated heterocycles. The van der Waals surface area contributed by atoms with E-state index in [4.69, 9.17) is 0 Å². The molecule has 2 aliphatic carbocycles. The Labute approximate surface area is 153 Å². The first-order chi connectivity index (χ1) is 11.2. The van der Waals surface area contributed by atoms with Gasteiger partial charge >= 0.3 is 0 Å². The van der Waals surface area contributed by atoms with Crippen molar-refractivity contribution in [2.24, 2.45) is 5.41 Å². The van der Waals surface area contributed by atoms with Crippen LogP contribution in [-0.4, -0.2) is 20.4 Å². The van der Waals surface area contributed by atoms with E-state index in [-0.39, 0.29) is 5.54 Å². The molecule has 24 heavy (non-hydrogen) atoms. The van der Waals surface area contributed by atoms with Crippen LogP contribution in [0.4, 0.5) is 0 Å². The summed E-state index contributed by atoms with van der Waals surface area (Å²) in [5, 5.41) is 4.57. The molecule has 0 aromatic carbocycles. The summed E-state index contributed by atoms with van der Waals surface area (Å²) < 4.78 is 0. The van der Waals surface area contributed by atoms with Gasteiger partial charge in [0.05, 0.1) is 0 Å². The maximum absolute atomic E-state index is 4.08. The standard InChI is InChI=1S/C22H41NSi/c1-20(2)21(3,23-19-15-11-12-16-19)17-13-9-7-8-10-14-18-22(20,4)24(5)6/h11-12,15-16,19,23-24H,7-10,13-14,17-18H2,1-6H3. The van der Waals surface area contributed by atoms with Crippen LogP contribution in [0.2, 0.25) is 18.1 Å². The highest BCUT2D eigenvalue weighted by Crippen LogP contribution is 2.58. The van der Waals surface area contributed by atoms with E-state index in [1.807, 2.05) is 0 Å². The minimum absolute atomic E-state index is 0.188. The van der Waals surface area contributed by atoms with Crippen LogP contribution in [0.1, 0.15) is 79.1 Å². The van der Waals surface area contributed by atoms with Gasteiger partial charge in [0.1, 0.15) is 0 Å². The Morgan fingerprint density at radius 1 is 0.792 bits per heavy atom. The quantitative estimate of drug-likeness (QED) is 0.596. The van der Waals surface area contributed by atoms with Crippen molar-refractivity contribution in [2.45, 2.75) is 109 Å². The van der Waals surface area contributed by atoms with Crippen LogP contribution in [0.25, 0.3) is 0 Å². The molecule has 0 spiro atoms. The molecule has 1 nitrogen and oxygen atoms in total. The molecule has 138 valence electrons. The van der Waals surface area contributed by atoms with Gasteiger partial charge in [-0.2, -0.15) is 0 Å². The Balaban J connectivity index is 2.36. The molecular formula is C22H41NSi. The summed E-state index contributed by atoms with van der Waals surface area (Å²) in [6.07, 6.45) is 20.2. The van der Waals surface area contributed by atoms with Gasteiger partial charge in [-0.25, -0.2) is 0 Å². The van der Waals surface area contributed by atoms with Gasteiger partial charge in [-0.3, -0.25) is 0 Å². The van der Waals surface area contributed by atoms with Gasteiger partial charge in [-0.1, -0.05) is 96.7 Å². The van der Waals surface area contributed by atoms with E-state index in [0.29, 0.717) is 16.5 Å². The third-order valence-electron chi connectivity index (χ3n) is 7.94. The summed E-state index contributed by atoms with van der Waals surface area (Å²) in [6, 6.07) is 0.414. The third-order valence-corrected chi connectivity index (χ3v) is 11.5. The molecule has 1 N–H and O–H groups in total. The number of hydrogen-bond acceptors (Lipinski definition) is 1. The van der Waals surface area contributed by atoms with Crippen LogP contribution in [0, 0.1) is 5.41 Å². The van der Waals surface area contributed by atoms with E-state index in [1.165, 1.54) is 51.4 Å². The summed E-state index contributed by atoms with van der Waals surface area (Å²) >= 11 is 0. The number of allylic oxidation sites excluding steroid dienone is 2. The Bertz CT molecular complexity index is 453. The van der Waals surface area contributed by atoms with Crippen molar-refractivity contribution in [1.29, 1.82) is 0 Å². The lowest BCUT2D eigenvalue weighted by atomic mass is 9.61. The molecule has 2 unspecified atom stereocenters. The van der Waals surface area contributed by atoms with Gasteiger partial charge < -0.3 is 5.32 Å². The molecule has 0 aromatic heterocycles. The molecule has 0 radical (unpaired) electrons. The van der Waals surface area contributed by atoms with Crippen molar-refractivity contribution in [3.8, 4) is 0 Å². The largest absolute Gasteiger partial charge is 0.301 e. The van der Waals surface area contributed by atoms with E-state index in [1.54, 1.807) is 0 Å². The molecule has 0 aromatic rings. The summed E-state index contributed by atoms with van der Waals surface area (Å²) in [5.41, 5.74) is 0.488. The Kier molecular flexibility index (Phi) is 6.58. The summed E-state index contributed by atoms with van der Waals surface area (Å²) in [5.74, 6) is 0. The van der Waals surface area contributed by atoms with E-state index >= 15 is 0 Å². The van der Waals surface area contributed by atoms with E-state index in [2.05, 4.69) is 70.4 Å². The third kappa shape index (κ3) is 3.90. The lowest BCUT2D eigenvalue weighted by molar-refractivity contribution is 0.0633. The molecule has 2 rings (SSSR count). The minimum atomic E-state index is -0.796. The molecule has 0 amide bonds. The Morgan fingerprint density at radius 2 is 1.29 bits per heavy atom. The first kappa shape index (κ1) is 20.0. The first-order valence-corrected chi connectivity index (χ1v) is 13.2. The van der Waals surface area contributed by atoms with Crippen molar-refractivity contribution in [2.75, 3.05) is 0 Å². The van der Waals surface area contributed by atoms with Crippen LogP contribution in [-0.2, 0) is 0 Å². The van der Waals surface area contributed by atoms with Crippen LogP contribution in [0.3, 0.4) is 0 Å². The predicted octanol–water partition coefficient (Wildman–Crippen LogP) is 6.24. The monoisotopic (exact) mass is 347 g/mol. The smallest absolute Gasteiger partial charge is 0.0446 e. The molecule has 1 fully saturated rings. The fourth-order valence-corrected chi connectivity index (χ4v) is 7.64. The van der Waals surface area contributed by atoms with Gasteiger partial charge in [0.2, 0.25) is 0 Å². The molecular weight excluding hydrogens is 306 g/mol. The fourth-order valence-electron chi connectivity index (χ4n) is 5.09. The van der Waals surface area contributed by atoms with E-state index in [9.17, 15) is 0 Å². The SMILES string of the molecule is C[SiH](C)C1(C)CCCCCCCCC(C)(NC2C=CC=C2)C1(C)C. The molecule has 2 atom stereocenters. The van der Waals surface area contributed by atoms with Crippen molar-refractivity contribution in [3.05, 3.63) is 24.3 Å². The van der Waals surface area contributed by atoms with E-state index in [0.717, 1.165) is 0 Å². The highest BCUT2D eigenvalue weighted by Gasteiger charge is 2.53. The molecule has 0 bridgehead atoms. The highest BCUT2D eigenvalue weighted by molar-refractivity contribution is 6.59. The van der Waals surface area contributed by atoms with Crippen molar-refractivity contribution < 1.29 is 0 Å². The average molecular weight is 348 g/mol. The highest BCUT2D eigenvalue weighted by atomic mass is 28.3. The minimum Gasteiger partial charge on any atom is -0.301 e. The topological polar surface area (TPSA) is 12.0 Å². The number of nitrogens with one attached hydrogen (secondary N) is 1. The lowest BCUT2D eigenvalue weighted by Gasteiger charge is -2.58. The van der Waals surface area contributed by atoms with Crippen LogP contribution in [0.15, 0.2) is 24.3 Å². The van der Waals surface area contributed by atoms with Crippen molar-refractivity contribution in [3.63, 3.8) is 0 Å². The molecule has 2 heteroatoms. The van der Waals surface area contributed by atoms with Crippen molar-refractivity contribution in [1.82, 2.24) is 5.32 Å². The first-order valence-electron chi connectivity index (χ1n) is 10.4. The van der Waals surface area contributed by atoms with Crippen LogP contribution >= 0.6 is 0 Å². The summed E-state index contributed by atoms with van der Waals surface area (Å²) in [4.78, 5) is 0. The predicted molar refractivity (Wildman–Crippen MR) is 112 cm³/mol. The Hall–Kier alpha value is -0.343. The van der Waals surface area contributed by atoms with Gasteiger partial charge in [-0.15, -0.1) is 0 Å². The second kappa shape index (κ2) is 7.91. The fraction of sp³-hybridized carbons (Fsp3) is 0.818. The molecule has 0 aliphatic heterocycles. The van der Waals surface area contributed by atoms with E-state index < -0.39 is 8.80 Å². The maximum atomic E-state index is 4.08. The zero-order valence-corrected chi connectivity index (χ0v) is 18.3. The maximum Gasteiger partial charge on any atom is 0.0446 e. The normalized spacial score (nSPS) is 35.3. The zero-order chi connectivity index (χ0) is 17.8. The second-order valence-electron chi connectivity index (χ2n) is 9.59. The van der Waals surface area contributed by atoms with Gasteiger partial charge in [0, 0.05) is 20.4 Å². The summed E-state index contributed by atoms with van der Waals surface area (Å²) in [7, 11) is -0.796. The number of rotatable bonds is 3. The molecule has 0 heterocycles. The average Bonchev–Trinajstić information content (AvgIpc) is 3.00. The molecule has 1 saturated carbocycles. The van der Waals surface area contributed by atoms with Gasteiger partial charge in [0.25, 0.3) is 0 Å². The van der Waals surface area contributed by atoms with Crippen LogP contribution < -0.4 is 5.32 Å². The number of hydrogen-bond donors (Lipinski definition) is 1. The van der Waals surface area contributed by atoms with Crippen molar-refractivity contribution >= 4 is 8.80 Å². The zero-order valence-electron chi connectivity index (χ0n) is 17.1. The molecule has 2 aliphatic rings. The van der Waals surface area contributed by atoms with Gasteiger partial charge in [-0.05, 0) is 30.2 Å². The lowest BCUT2D eigenvalue weighted by Crippen LogP contribution is -2.62. The van der Waals surface area contributed by atoms with Gasteiger partial charge in [0.15, 0.2) is 0 Å².